The van der Waals surface area contributed by atoms with Crippen LogP contribution < -0.4 is 0 Å². The lowest BCUT2D eigenvalue weighted by molar-refractivity contribution is -0.140. The van der Waals surface area contributed by atoms with Gasteiger partial charge in [0.15, 0.2) is 12.5 Å². The topological polar surface area (TPSA) is 63.7 Å². The summed E-state index contributed by atoms with van der Waals surface area (Å²) in [6.07, 6.45) is 1.42. The van der Waals surface area contributed by atoms with Gasteiger partial charge in [-0.15, -0.1) is 0 Å². The fourth-order valence-corrected chi connectivity index (χ4v) is 2.69. The molecule has 0 spiro atoms. The summed E-state index contributed by atoms with van der Waals surface area (Å²) < 4.78 is 17.0. The molecule has 0 saturated heterocycles. The van der Waals surface area contributed by atoms with Gasteiger partial charge < -0.3 is 9.64 Å². The Morgan fingerprint density at radius 1 is 1.13 bits per heavy atom. The van der Waals surface area contributed by atoms with Crippen molar-refractivity contribution in [3.05, 3.63) is 34.9 Å². The van der Waals surface area contributed by atoms with E-state index >= 15 is 0 Å². The molecular weight excluding hydrogens is 301 g/mol. The van der Waals surface area contributed by atoms with Gasteiger partial charge >= 0.3 is 5.97 Å². The van der Waals surface area contributed by atoms with E-state index < -0.39 is 18.6 Å². The predicted octanol–water partition coefficient (Wildman–Crippen LogP) is 1.72. The molecule has 5 nitrogen and oxygen atoms in total. The summed E-state index contributed by atoms with van der Waals surface area (Å²) in [6.45, 7) is -0.0332. The molecule has 2 rings (SSSR count). The van der Waals surface area contributed by atoms with Crippen molar-refractivity contribution in [3.63, 3.8) is 0 Å². The lowest BCUT2D eigenvalue weighted by atomic mass is 9.97. The van der Waals surface area contributed by atoms with Crippen LogP contribution in [0.3, 0.4) is 0 Å². The first-order valence-corrected chi connectivity index (χ1v) is 7.60. The average Bonchev–Trinajstić information content (AvgIpc) is 2.80. The Morgan fingerprint density at radius 3 is 2.48 bits per heavy atom. The first-order valence-electron chi connectivity index (χ1n) is 7.60. The average molecular weight is 321 g/mol. The molecule has 1 aliphatic rings. The van der Waals surface area contributed by atoms with E-state index in [0.717, 1.165) is 11.1 Å². The van der Waals surface area contributed by atoms with E-state index in [1.807, 2.05) is 12.1 Å². The second-order valence-corrected chi connectivity index (χ2v) is 5.50. The first-order chi connectivity index (χ1) is 11.0. The van der Waals surface area contributed by atoms with Crippen LogP contribution in [0.25, 0.3) is 0 Å². The van der Waals surface area contributed by atoms with Gasteiger partial charge in [0.25, 0.3) is 5.91 Å². The second kappa shape index (κ2) is 7.85. The highest BCUT2D eigenvalue weighted by atomic mass is 19.1. The summed E-state index contributed by atoms with van der Waals surface area (Å²) in [4.78, 5) is 36.2. The third-order valence-electron chi connectivity index (χ3n) is 4.08. The van der Waals surface area contributed by atoms with Gasteiger partial charge in [0.05, 0.1) is 13.5 Å². The molecule has 6 heteroatoms. The number of alkyl halides is 1. The monoisotopic (exact) mass is 321 g/mol. The maximum atomic E-state index is 12.5. The van der Waals surface area contributed by atoms with Crippen molar-refractivity contribution in [2.45, 2.75) is 25.7 Å². The zero-order valence-electron chi connectivity index (χ0n) is 13.1. The van der Waals surface area contributed by atoms with Crippen LogP contribution in [0.2, 0.25) is 0 Å². The number of carbonyl (C=O) groups is 3. The highest BCUT2D eigenvalue weighted by molar-refractivity contribution is 5.97. The maximum absolute atomic E-state index is 12.5. The number of fused-ring (bicyclic) bond motifs is 1. The largest absolute Gasteiger partial charge is 0.469 e. The highest BCUT2D eigenvalue weighted by Crippen LogP contribution is 2.19. The number of esters is 1. The first kappa shape index (κ1) is 17.1. The molecule has 23 heavy (non-hydrogen) atoms. The molecule has 0 atom stereocenters. The summed E-state index contributed by atoms with van der Waals surface area (Å²) in [7, 11) is 1.29. The van der Waals surface area contributed by atoms with Crippen LogP contribution in [0.1, 0.15) is 34.3 Å². The Kier molecular flexibility index (Phi) is 5.84. The molecule has 0 bridgehead atoms. The number of nitrogens with zero attached hydrogens (tertiary/aromatic N) is 1. The number of methoxy groups -OCH3 is 1. The van der Waals surface area contributed by atoms with E-state index in [2.05, 4.69) is 4.74 Å². The van der Waals surface area contributed by atoms with Gasteiger partial charge in [0.1, 0.15) is 0 Å². The summed E-state index contributed by atoms with van der Waals surface area (Å²) in [5.41, 5.74) is 2.63. The Labute approximate surface area is 134 Å². The van der Waals surface area contributed by atoms with E-state index in [9.17, 15) is 18.8 Å². The van der Waals surface area contributed by atoms with E-state index in [4.69, 9.17) is 0 Å². The van der Waals surface area contributed by atoms with Crippen LogP contribution in [0.5, 0.6) is 0 Å². The molecule has 1 heterocycles. The quantitative estimate of drug-likeness (QED) is 0.612. The standard InChI is InChI=1S/C17H20FNO4/c1-23-17(22)5-4-15(20)14-3-2-12-6-8-19(16(21)11-18)9-7-13(12)10-14/h2-3,10H,4-9,11H2,1H3. The van der Waals surface area contributed by atoms with E-state index in [-0.39, 0.29) is 18.6 Å². The van der Waals surface area contributed by atoms with Gasteiger partial charge in [-0.25, -0.2) is 4.39 Å². The summed E-state index contributed by atoms with van der Waals surface area (Å²) >= 11 is 0. The predicted molar refractivity (Wildman–Crippen MR) is 82.0 cm³/mol. The molecule has 124 valence electrons. The SMILES string of the molecule is COC(=O)CCC(=O)c1ccc2c(c1)CCN(C(=O)CF)CC2. The molecule has 0 aromatic heterocycles. The van der Waals surface area contributed by atoms with Gasteiger partial charge in [0.2, 0.25) is 0 Å². The number of benzene rings is 1. The summed E-state index contributed by atoms with van der Waals surface area (Å²) in [5, 5.41) is 0. The molecule has 0 unspecified atom stereocenters. The van der Waals surface area contributed by atoms with Crippen LogP contribution >= 0.6 is 0 Å². The zero-order chi connectivity index (χ0) is 16.8. The summed E-state index contributed by atoms with van der Waals surface area (Å²) in [6, 6.07) is 5.44. The fourth-order valence-electron chi connectivity index (χ4n) is 2.69. The summed E-state index contributed by atoms with van der Waals surface area (Å²) in [5.74, 6) is -1.01. The maximum Gasteiger partial charge on any atom is 0.305 e. The van der Waals surface area contributed by atoms with Crippen molar-refractivity contribution in [2.24, 2.45) is 0 Å². The van der Waals surface area contributed by atoms with Crippen LogP contribution in [0, 0.1) is 0 Å². The highest BCUT2D eigenvalue weighted by Gasteiger charge is 2.19. The molecule has 0 N–H and O–H groups in total. The van der Waals surface area contributed by atoms with Gasteiger partial charge in [-0.2, -0.15) is 0 Å². The van der Waals surface area contributed by atoms with E-state index in [1.165, 1.54) is 12.0 Å². The number of rotatable bonds is 5. The molecule has 1 aromatic carbocycles. The van der Waals surface area contributed by atoms with Gasteiger partial charge in [0, 0.05) is 25.1 Å². The molecule has 1 aromatic rings. The zero-order valence-corrected chi connectivity index (χ0v) is 13.1. The van der Waals surface area contributed by atoms with Gasteiger partial charge in [-0.05, 0) is 30.0 Å². The van der Waals surface area contributed by atoms with E-state index in [0.29, 0.717) is 31.5 Å². The third-order valence-corrected chi connectivity index (χ3v) is 4.08. The van der Waals surface area contributed by atoms with E-state index in [1.54, 1.807) is 6.07 Å². The Bertz CT molecular complexity index is 615. The number of Topliss-reactive ketones (excluding diaryl/α,β-unsaturated/α-hetero) is 1. The van der Waals surface area contributed by atoms with Crippen LogP contribution in [0.4, 0.5) is 4.39 Å². The smallest absolute Gasteiger partial charge is 0.305 e. The minimum Gasteiger partial charge on any atom is -0.469 e. The molecule has 0 aliphatic carbocycles. The Morgan fingerprint density at radius 2 is 1.83 bits per heavy atom. The lowest BCUT2D eigenvalue weighted by Crippen LogP contribution is -2.34. The van der Waals surface area contributed by atoms with Gasteiger partial charge in [-0.3, -0.25) is 14.4 Å². The molecule has 0 radical (unpaired) electrons. The second-order valence-electron chi connectivity index (χ2n) is 5.50. The number of ether oxygens (including phenoxy) is 1. The van der Waals surface area contributed by atoms with Crippen LogP contribution in [-0.4, -0.2) is 49.4 Å². The minimum atomic E-state index is -0.979. The number of amides is 1. The van der Waals surface area contributed by atoms with Crippen molar-refractivity contribution < 1.29 is 23.5 Å². The lowest BCUT2D eigenvalue weighted by Gasteiger charge is -2.18. The molecular formula is C17H20FNO4. The molecule has 1 aliphatic heterocycles. The molecule has 0 saturated carbocycles. The molecule has 0 fully saturated rings. The van der Waals surface area contributed by atoms with Crippen molar-refractivity contribution in [2.75, 3.05) is 26.9 Å². The number of hydrogen-bond acceptors (Lipinski definition) is 4. The van der Waals surface area contributed by atoms with Crippen LogP contribution in [-0.2, 0) is 27.2 Å². The minimum absolute atomic E-state index is 0.0607. The number of ketones is 1. The number of carbonyl (C=O) groups excluding carboxylic acids is 3. The van der Waals surface area contributed by atoms with Crippen molar-refractivity contribution in [1.29, 1.82) is 0 Å². The molecule has 1 amide bonds. The normalized spacial score (nSPS) is 13.9. The number of hydrogen-bond donors (Lipinski definition) is 0. The van der Waals surface area contributed by atoms with Crippen molar-refractivity contribution in [3.8, 4) is 0 Å². The van der Waals surface area contributed by atoms with Crippen LogP contribution in [0.15, 0.2) is 18.2 Å². The third kappa shape index (κ3) is 4.37. The van der Waals surface area contributed by atoms with Crippen molar-refractivity contribution >= 4 is 17.7 Å². The van der Waals surface area contributed by atoms with Crippen molar-refractivity contribution in [1.82, 2.24) is 4.90 Å². The number of halogens is 1. The fraction of sp³-hybridized carbons (Fsp3) is 0.471. The Hall–Kier alpha value is -2.24. The Balaban J connectivity index is 2.06. The van der Waals surface area contributed by atoms with Gasteiger partial charge in [-0.1, -0.05) is 12.1 Å².